The van der Waals surface area contributed by atoms with Gasteiger partial charge in [0, 0.05) is 16.6 Å². The van der Waals surface area contributed by atoms with E-state index >= 15 is 0 Å². The molecule has 1 aliphatic rings. The van der Waals surface area contributed by atoms with Crippen molar-refractivity contribution in [3.05, 3.63) is 70.9 Å². The van der Waals surface area contributed by atoms with Gasteiger partial charge in [-0.1, -0.05) is 48.5 Å². The van der Waals surface area contributed by atoms with E-state index < -0.39 is 0 Å². The summed E-state index contributed by atoms with van der Waals surface area (Å²) >= 11 is 1.61. The molecule has 0 aliphatic carbocycles. The maximum absolute atomic E-state index is 12.9. The lowest BCUT2D eigenvalue weighted by atomic mass is 10.1. The van der Waals surface area contributed by atoms with Crippen molar-refractivity contribution in [2.24, 2.45) is 0 Å². The molecule has 4 aromatic rings. The molecule has 1 fully saturated rings. The van der Waals surface area contributed by atoms with E-state index in [0.717, 1.165) is 76.8 Å². The molecule has 0 spiro atoms. The van der Waals surface area contributed by atoms with Gasteiger partial charge in [-0.3, -0.25) is 4.79 Å². The molecule has 8 heteroatoms. The third-order valence-corrected chi connectivity index (χ3v) is 7.21. The van der Waals surface area contributed by atoms with Crippen molar-refractivity contribution in [3.8, 4) is 11.1 Å². The number of carbonyl (C=O) groups is 1. The average Bonchev–Trinajstić information content (AvgIpc) is 3.30. The zero-order valence-corrected chi connectivity index (χ0v) is 20.9. The molecule has 5 rings (SSSR count). The van der Waals surface area contributed by atoms with Crippen LogP contribution in [0.25, 0.3) is 21.3 Å². The van der Waals surface area contributed by atoms with Crippen molar-refractivity contribution in [2.75, 3.05) is 43.5 Å². The Labute approximate surface area is 209 Å². The molecule has 1 saturated heterocycles. The number of quaternary nitrogens is 1. The quantitative estimate of drug-likeness (QED) is 0.371. The normalized spacial score (nSPS) is 14.2. The number of nitrogens with one attached hydrogen (secondary N) is 3. The fourth-order valence-electron chi connectivity index (χ4n) is 4.44. The maximum atomic E-state index is 12.9. The summed E-state index contributed by atoms with van der Waals surface area (Å²) in [6, 6.07) is 16.2. The largest absolute Gasteiger partial charge is 0.370 e. The standard InChI is InChI=1S/C27H29N5O2S/c1-18-7-6-8-19(2)25(18)31-23(33)15-28-26-24-21(20-9-4-3-5-10-20)17-35-27(24)30-22(29-26)16-32-11-13-34-14-12-32/h3-10,17H,11-16H2,1-2H3,(H,31,33)(H,28,29,30)/p+1. The smallest absolute Gasteiger partial charge is 0.243 e. The number of anilines is 2. The van der Waals surface area contributed by atoms with Crippen LogP contribution in [0.1, 0.15) is 17.0 Å². The Morgan fingerprint density at radius 1 is 1.03 bits per heavy atom. The number of rotatable bonds is 7. The SMILES string of the molecule is Cc1cccc(C)c1NC(=O)CNc1nc(C[NH+]2CCOCC2)nc2scc(-c3ccccc3)c12. The van der Waals surface area contributed by atoms with Crippen LogP contribution in [-0.4, -0.2) is 48.7 Å². The first kappa shape index (κ1) is 23.4. The Bertz CT molecular complexity index is 1310. The number of nitrogens with zero attached hydrogens (tertiary/aromatic N) is 2. The number of carbonyl (C=O) groups excluding carboxylic acids is 1. The van der Waals surface area contributed by atoms with Gasteiger partial charge in [0.2, 0.25) is 5.91 Å². The minimum atomic E-state index is -0.106. The lowest BCUT2D eigenvalue weighted by Gasteiger charge is -2.23. The number of fused-ring (bicyclic) bond motifs is 1. The highest BCUT2D eigenvalue weighted by molar-refractivity contribution is 7.17. The highest BCUT2D eigenvalue weighted by Crippen LogP contribution is 2.36. The van der Waals surface area contributed by atoms with Gasteiger partial charge in [0.05, 0.1) is 25.1 Å². The molecule has 2 aromatic carbocycles. The van der Waals surface area contributed by atoms with Crippen LogP contribution in [-0.2, 0) is 16.1 Å². The Hall–Kier alpha value is -3.33. The number of ether oxygens (including phenoxy) is 1. The summed E-state index contributed by atoms with van der Waals surface area (Å²) in [7, 11) is 0. The van der Waals surface area contributed by atoms with Crippen LogP contribution in [0.4, 0.5) is 11.5 Å². The van der Waals surface area contributed by atoms with E-state index in [-0.39, 0.29) is 12.5 Å². The van der Waals surface area contributed by atoms with E-state index in [1.807, 2.05) is 50.2 Å². The highest BCUT2D eigenvalue weighted by atomic mass is 32.1. The number of hydrogen-bond donors (Lipinski definition) is 3. The van der Waals surface area contributed by atoms with Crippen molar-refractivity contribution in [1.82, 2.24) is 9.97 Å². The van der Waals surface area contributed by atoms with Gasteiger partial charge in [-0.15, -0.1) is 11.3 Å². The van der Waals surface area contributed by atoms with Gasteiger partial charge in [0.25, 0.3) is 0 Å². The number of para-hydroxylation sites is 1. The van der Waals surface area contributed by atoms with Gasteiger partial charge in [0.15, 0.2) is 5.82 Å². The summed E-state index contributed by atoms with van der Waals surface area (Å²) in [5.41, 5.74) is 5.14. The molecule has 0 atom stereocenters. The molecule has 0 radical (unpaired) electrons. The number of benzene rings is 2. The van der Waals surface area contributed by atoms with Crippen molar-refractivity contribution in [2.45, 2.75) is 20.4 Å². The van der Waals surface area contributed by atoms with Gasteiger partial charge in [-0.2, -0.15) is 0 Å². The molecular weight excluding hydrogens is 458 g/mol. The Morgan fingerprint density at radius 2 is 1.77 bits per heavy atom. The Balaban J connectivity index is 1.44. The van der Waals surface area contributed by atoms with E-state index in [1.165, 1.54) is 4.90 Å². The predicted molar refractivity (Wildman–Crippen MR) is 141 cm³/mol. The van der Waals surface area contributed by atoms with E-state index in [0.29, 0.717) is 5.82 Å². The van der Waals surface area contributed by atoms with E-state index in [2.05, 4.69) is 28.1 Å². The van der Waals surface area contributed by atoms with Crippen molar-refractivity contribution >= 4 is 39.0 Å². The summed E-state index contributed by atoms with van der Waals surface area (Å²) in [4.78, 5) is 25.0. The number of hydrogen-bond acceptors (Lipinski definition) is 6. The van der Waals surface area contributed by atoms with Gasteiger partial charge in [-0.05, 0) is 30.5 Å². The van der Waals surface area contributed by atoms with Crippen LogP contribution < -0.4 is 15.5 Å². The van der Waals surface area contributed by atoms with Crippen LogP contribution in [0.5, 0.6) is 0 Å². The van der Waals surface area contributed by atoms with E-state index in [4.69, 9.17) is 14.7 Å². The molecule has 1 aliphatic heterocycles. The molecule has 3 N–H and O–H groups in total. The summed E-state index contributed by atoms with van der Waals surface area (Å²) in [6.07, 6.45) is 0. The number of thiophene rings is 1. The molecule has 3 heterocycles. The van der Waals surface area contributed by atoms with Crippen molar-refractivity contribution in [1.29, 1.82) is 0 Å². The fourth-order valence-corrected chi connectivity index (χ4v) is 5.41. The maximum Gasteiger partial charge on any atom is 0.243 e. The van der Waals surface area contributed by atoms with Crippen molar-refractivity contribution in [3.63, 3.8) is 0 Å². The van der Waals surface area contributed by atoms with Crippen LogP contribution in [0.3, 0.4) is 0 Å². The minimum Gasteiger partial charge on any atom is -0.370 e. The molecule has 0 bridgehead atoms. The second-order valence-corrected chi connectivity index (χ2v) is 9.75. The van der Waals surface area contributed by atoms with Crippen molar-refractivity contribution < 1.29 is 14.4 Å². The van der Waals surface area contributed by atoms with Crippen LogP contribution in [0, 0.1) is 13.8 Å². The summed E-state index contributed by atoms with van der Waals surface area (Å²) in [5.74, 6) is 1.38. The second-order valence-electron chi connectivity index (χ2n) is 8.89. The Kier molecular flexibility index (Phi) is 7.03. The minimum absolute atomic E-state index is 0.106. The molecule has 0 unspecified atom stereocenters. The van der Waals surface area contributed by atoms with Crippen LogP contribution in [0.15, 0.2) is 53.9 Å². The monoisotopic (exact) mass is 488 g/mol. The number of aryl methyl sites for hydroxylation is 2. The summed E-state index contributed by atoms with van der Waals surface area (Å²) < 4.78 is 5.50. The fraction of sp³-hybridized carbons (Fsp3) is 0.296. The van der Waals surface area contributed by atoms with Crippen LogP contribution in [0.2, 0.25) is 0 Å². The summed E-state index contributed by atoms with van der Waals surface area (Å²) in [5, 5.41) is 9.47. The predicted octanol–water partition coefficient (Wildman–Crippen LogP) is 3.44. The van der Waals surface area contributed by atoms with Gasteiger partial charge < -0.3 is 20.3 Å². The molecule has 7 nitrogen and oxygen atoms in total. The molecule has 180 valence electrons. The molecule has 0 saturated carbocycles. The van der Waals surface area contributed by atoms with Gasteiger partial charge in [-0.25, -0.2) is 9.97 Å². The van der Waals surface area contributed by atoms with Gasteiger partial charge in [0.1, 0.15) is 30.3 Å². The lowest BCUT2D eigenvalue weighted by molar-refractivity contribution is -0.922. The third-order valence-electron chi connectivity index (χ3n) is 6.33. The van der Waals surface area contributed by atoms with E-state index in [9.17, 15) is 4.79 Å². The average molecular weight is 489 g/mol. The second kappa shape index (κ2) is 10.5. The first-order valence-corrected chi connectivity index (χ1v) is 12.8. The molecule has 35 heavy (non-hydrogen) atoms. The number of amides is 1. The zero-order valence-electron chi connectivity index (χ0n) is 20.1. The molecular formula is C27H30N5O2S+. The topological polar surface area (TPSA) is 80.6 Å². The van der Waals surface area contributed by atoms with E-state index in [1.54, 1.807) is 11.3 Å². The zero-order chi connectivity index (χ0) is 24.2. The first-order chi connectivity index (χ1) is 17.1. The summed E-state index contributed by atoms with van der Waals surface area (Å²) in [6.45, 7) is 8.28. The number of morpholine rings is 1. The lowest BCUT2D eigenvalue weighted by Crippen LogP contribution is -3.12. The third kappa shape index (κ3) is 5.35. The van der Waals surface area contributed by atoms with Gasteiger partial charge >= 0.3 is 0 Å². The molecule has 2 aromatic heterocycles. The van der Waals surface area contributed by atoms with Crippen LogP contribution >= 0.6 is 11.3 Å². The number of aromatic nitrogens is 2. The highest BCUT2D eigenvalue weighted by Gasteiger charge is 2.20. The first-order valence-electron chi connectivity index (χ1n) is 11.9. The Morgan fingerprint density at radius 3 is 2.51 bits per heavy atom. The molecule has 1 amide bonds.